The van der Waals surface area contributed by atoms with Gasteiger partial charge in [-0.3, -0.25) is 4.79 Å². The Labute approximate surface area is 149 Å². The smallest absolute Gasteiger partial charge is 0.267 e. The third-order valence-corrected chi connectivity index (χ3v) is 3.73. The van der Waals surface area contributed by atoms with Gasteiger partial charge in [0.05, 0.1) is 17.8 Å². The first-order valence-electron chi connectivity index (χ1n) is 7.74. The number of aromatic nitrogens is 1. The van der Waals surface area contributed by atoms with Gasteiger partial charge in [0, 0.05) is 5.56 Å². The lowest BCUT2D eigenvalue weighted by Gasteiger charge is -2.12. The normalized spacial score (nSPS) is 10.2. The second kappa shape index (κ2) is 7.45. The summed E-state index contributed by atoms with van der Waals surface area (Å²) in [6, 6.07) is 16.4. The number of carbonyl (C=O) groups excluding carboxylic acids is 1. The summed E-state index contributed by atoms with van der Waals surface area (Å²) in [7, 11) is 0. The summed E-state index contributed by atoms with van der Waals surface area (Å²) in [5.41, 5.74) is 7.97. The molecular weight excluding hydrogens is 333 g/mol. The van der Waals surface area contributed by atoms with Crippen LogP contribution in [0.3, 0.4) is 0 Å². The van der Waals surface area contributed by atoms with Crippen molar-refractivity contribution in [3.05, 3.63) is 83.4 Å². The summed E-state index contributed by atoms with van der Waals surface area (Å²) in [6.45, 7) is 0.210. The fourth-order valence-corrected chi connectivity index (χ4v) is 2.44. The maximum Gasteiger partial charge on any atom is 0.267 e. The van der Waals surface area contributed by atoms with E-state index in [9.17, 15) is 9.18 Å². The number of benzene rings is 2. The second-order valence-electron chi connectivity index (χ2n) is 5.54. The van der Waals surface area contributed by atoms with E-state index in [1.165, 1.54) is 24.4 Å². The number of pyridine rings is 1. The van der Waals surface area contributed by atoms with Crippen molar-refractivity contribution in [1.29, 1.82) is 5.26 Å². The van der Waals surface area contributed by atoms with Gasteiger partial charge in [-0.15, -0.1) is 0 Å². The van der Waals surface area contributed by atoms with Crippen molar-refractivity contribution in [2.75, 3.05) is 0 Å². The van der Waals surface area contributed by atoms with Gasteiger partial charge >= 0.3 is 0 Å². The number of halogens is 1. The summed E-state index contributed by atoms with van der Waals surface area (Å²) < 4.78 is 19.0. The average molecular weight is 347 g/mol. The summed E-state index contributed by atoms with van der Waals surface area (Å²) in [4.78, 5) is 15.4. The molecule has 0 saturated carbocycles. The number of ether oxygens (including phenoxy) is 1. The highest BCUT2D eigenvalue weighted by molar-refractivity contribution is 5.92. The van der Waals surface area contributed by atoms with Crippen molar-refractivity contribution < 1.29 is 13.9 Å². The third kappa shape index (κ3) is 3.84. The lowest BCUT2D eigenvalue weighted by molar-refractivity contribution is 0.0995. The molecule has 1 aromatic heterocycles. The number of rotatable bonds is 5. The van der Waals surface area contributed by atoms with E-state index in [0.717, 1.165) is 5.56 Å². The molecule has 6 heteroatoms. The van der Waals surface area contributed by atoms with E-state index in [0.29, 0.717) is 22.4 Å². The third-order valence-electron chi connectivity index (χ3n) is 3.73. The molecular formula is C20H14FN3O2. The quantitative estimate of drug-likeness (QED) is 0.766. The monoisotopic (exact) mass is 347 g/mol. The second-order valence-corrected chi connectivity index (χ2v) is 5.54. The van der Waals surface area contributed by atoms with Crippen molar-refractivity contribution >= 4 is 5.91 Å². The first kappa shape index (κ1) is 17.1. The average Bonchev–Trinajstić information content (AvgIpc) is 2.67. The van der Waals surface area contributed by atoms with Crippen LogP contribution in [-0.4, -0.2) is 10.9 Å². The van der Waals surface area contributed by atoms with Crippen molar-refractivity contribution in [1.82, 2.24) is 4.98 Å². The van der Waals surface area contributed by atoms with Crippen LogP contribution in [-0.2, 0) is 6.61 Å². The number of amides is 1. The Bertz CT molecular complexity index is 995. The van der Waals surface area contributed by atoms with Crippen LogP contribution >= 0.6 is 0 Å². The van der Waals surface area contributed by atoms with Gasteiger partial charge in [-0.2, -0.15) is 5.26 Å². The molecule has 3 rings (SSSR count). The highest BCUT2D eigenvalue weighted by Crippen LogP contribution is 2.31. The number of nitrogens with two attached hydrogens (primary N) is 1. The van der Waals surface area contributed by atoms with Gasteiger partial charge in [-0.25, -0.2) is 9.37 Å². The largest absolute Gasteiger partial charge is 0.487 e. The van der Waals surface area contributed by atoms with Crippen LogP contribution in [0.5, 0.6) is 5.75 Å². The number of hydrogen-bond donors (Lipinski definition) is 1. The maximum absolute atomic E-state index is 13.2. The molecule has 26 heavy (non-hydrogen) atoms. The van der Waals surface area contributed by atoms with Crippen LogP contribution in [0.1, 0.15) is 21.6 Å². The molecule has 0 saturated heterocycles. The highest BCUT2D eigenvalue weighted by Gasteiger charge is 2.12. The van der Waals surface area contributed by atoms with Crippen LogP contribution in [0.2, 0.25) is 0 Å². The molecule has 2 aromatic carbocycles. The Morgan fingerprint density at radius 3 is 2.65 bits per heavy atom. The molecule has 128 valence electrons. The van der Waals surface area contributed by atoms with Crippen molar-refractivity contribution in [2.24, 2.45) is 5.73 Å². The van der Waals surface area contributed by atoms with Crippen molar-refractivity contribution in [3.63, 3.8) is 0 Å². The van der Waals surface area contributed by atoms with E-state index in [1.54, 1.807) is 30.3 Å². The first-order chi connectivity index (χ1) is 12.6. The van der Waals surface area contributed by atoms with E-state index in [-0.39, 0.29) is 18.1 Å². The predicted octanol–water partition coefficient (Wildman–Crippen LogP) is 3.44. The van der Waals surface area contributed by atoms with Crippen LogP contribution in [0.15, 0.2) is 60.8 Å². The van der Waals surface area contributed by atoms with Gasteiger partial charge in [0.1, 0.15) is 23.9 Å². The summed E-state index contributed by atoms with van der Waals surface area (Å²) in [5.74, 6) is -0.612. The molecule has 1 heterocycles. The Balaban J connectivity index is 1.94. The molecule has 0 aliphatic heterocycles. The number of hydrogen-bond acceptors (Lipinski definition) is 4. The molecule has 2 N–H and O–H groups in total. The molecule has 0 radical (unpaired) electrons. The van der Waals surface area contributed by atoms with Crippen LogP contribution in [0.25, 0.3) is 11.1 Å². The molecule has 0 aliphatic rings. The van der Waals surface area contributed by atoms with Gasteiger partial charge in [-0.1, -0.05) is 24.3 Å². The fourth-order valence-electron chi connectivity index (χ4n) is 2.44. The predicted molar refractivity (Wildman–Crippen MR) is 93.6 cm³/mol. The van der Waals surface area contributed by atoms with Gasteiger partial charge in [-0.05, 0) is 41.5 Å². The lowest BCUT2D eigenvalue weighted by Crippen LogP contribution is -2.13. The van der Waals surface area contributed by atoms with E-state index in [4.69, 9.17) is 15.7 Å². The minimum absolute atomic E-state index is 0.0863. The van der Waals surface area contributed by atoms with E-state index in [1.807, 2.05) is 6.07 Å². The minimum atomic E-state index is -0.665. The molecule has 5 nitrogen and oxygen atoms in total. The first-order valence-corrected chi connectivity index (χ1v) is 7.74. The highest BCUT2D eigenvalue weighted by atomic mass is 19.1. The standard InChI is InChI=1S/C20H14FN3O2/c21-16-6-4-15(5-7-16)17-9-18(20(23)25)24-11-19(17)26-12-14-3-1-2-13(8-14)10-22/h1-9,11H,12H2,(H2,23,25). The number of nitrogens with zero attached hydrogens (tertiary/aromatic N) is 2. The van der Waals surface area contributed by atoms with Crippen LogP contribution < -0.4 is 10.5 Å². The van der Waals surface area contributed by atoms with Gasteiger partial charge in [0.15, 0.2) is 0 Å². The maximum atomic E-state index is 13.2. The van der Waals surface area contributed by atoms with Crippen LogP contribution in [0, 0.1) is 17.1 Å². The van der Waals surface area contributed by atoms with Crippen molar-refractivity contribution in [2.45, 2.75) is 6.61 Å². The molecule has 0 unspecified atom stereocenters. The SMILES string of the molecule is N#Cc1cccc(COc2cnc(C(N)=O)cc2-c2ccc(F)cc2)c1. The summed E-state index contributed by atoms with van der Waals surface area (Å²) >= 11 is 0. The van der Waals surface area contributed by atoms with Gasteiger partial charge in [0.2, 0.25) is 0 Å². The Hall–Kier alpha value is -3.72. The minimum Gasteiger partial charge on any atom is -0.487 e. The van der Waals surface area contributed by atoms with E-state index >= 15 is 0 Å². The zero-order chi connectivity index (χ0) is 18.5. The molecule has 0 atom stereocenters. The Kier molecular flexibility index (Phi) is 4.90. The molecule has 0 bridgehead atoms. The van der Waals surface area contributed by atoms with Crippen molar-refractivity contribution in [3.8, 4) is 22.9 Å². The Morgan fingerprint density at radius 2 is 1.96 bits per heavy atom. The topological polar surface area (TPSA) is 89.0 Å². The Morgan fingerprint density at radius 1 is 1.19 bits per heavy atom. The lowest BCUT2D eigenvalue weighted by atomic mass is 10.0. The fraction of sp³-hybridized carbons (Fsp3) is 0.0500. The van der Waals surface area contributed by atoms with E-state index < -0.39 is 5.91 Å². The number of nitriles is 1. The van der Waals surface area contributed by atoms with Crippen LogP contribution in [0.4, 0.5) is 4.39 Å². The molecule has 3 aromatic rings. The molecule has 1 amide bonds. The van der Waals surface area contributed by atoms with Gasteiger partial charge in [0.25, 0.3) is 5.91 Å². The number of carbonyl (C=O) groups is 1. The summed E-state index contributed by atoms with van der Waals surface area (Å²) in [6.07, 6.45) is 1.41. The zero-order valence-corrected chi connectivity index (χ0v) is 13.6. The summed E-state index contributed by atoms with van der Waals surface area (Å²) in [5, 5.41) is 8.97. The van der Waals surface area contributed by atoms with Gasteiger partial charge < -0.3 is 10.5 Å². The molecule has 0 fully saturated rings. The molecule has 0 aliphatic carbocycles. The van der Waals surface area contributed by atoms with E-state index in [2.05, 4.69) is 11.1 Å². The number of primary amides is 1. The molecule has 0 spiro atoms. The zero-order valence-electron chi connectivity index (χ0n) is 13.6.